The summed E-state index contributed by atoms with van der Waals surface area (Å²) in [5.74, 6) is 0.901. The van der Waals surface area contributed by atoms with Crippen molar-refractivity contribution in [3.8, 4) is 5.75 Å². The molecular formula is C16H20NOS+. The molecule has 0 bridgehead atoms. The highest BCUT2D eigenvalue weighted by atomic mass is 32.2. The highest BCUT2D eigenvalue weighted by molar-refractivity contribution is 7.99. The molecule has 0 heterocycles. The number of hydrogen-bond donors (Lipinski definition) is 1. The molecule has 0 atom stereocenters. The predicted molar refractivity (Wildman–Crippen MR) is 80.1 cm³/mol. The number of benzene rings is 2. The van der Waals surface area contributed by atoms with Crippen molar-refractivity contribution < 1.29 is 9.64 Å². The number of rotatable bonds is 5. The molecular weight excluding hydrogens is 254 g/mol. The molecule has 0 radical (unpaired) electrons. The van der Waals surface area contributed by atoms with Crippen LogP contribution in [0.15, 0.2) is 58.3 Å². The maximum absolute atomic E-state index is 5.24. The molecule has 0 aromatic heterocycles. The highest BCUT2D eigenvalue weighted by Crippen LogP contribution is 2.29. The Balaban J connectivity index is 2.06. The van der Waals surface area contributed by atoms with Crippen LogP contribution in [0.25, 0.3) is 0 Å². The molecule has 0 spiro atoms. The number of ether oxygens (including phenoxy) is 1. The Morgan fingerprint density at radius 1 is 1.00 bits per heavy atom. The third-order valence-electron chi connectivity index (χ3n) is 2.76. The van der Waals surface area contributed by atoms with Crippen molar-refractivity contribution in [1.82, 2.24) is 0 Å². The van der Waals surface area contributed by atoms with Crippen LogP contribution in [-0.2, 0) is 6.54 Å². The summed E-state index contributed by atoms with van der Waals surface area (Å²) in [5.41, 5.74) is 1.37. The fraction of sp³-hybridized carbons (Fsp3) is 0.250. The highest BCUT2D eigenvalue weighted by Gasteiger charge is 2.01. The van der Waals surface area contributed by atoms with E-state index in [4.69, 9.17) is 4.74 Å². The van der Waals surface area contributed by atoms with Gasteiger partial charge in [0.25, 0.3) is 0 Å². The van der Waals surface area contributed by atoms with Gasteiger partial charge in [-0.25, -0.2) is 0 Å². The van der Waals surface area contributed by atoms with Gasteiger partial charge in [-0.2, -0.15) is 0 Å². The van der Waals surface area contributed by atoms with Gasteiger partial charge in [0.1, 0.15) is 12.3 Å². The van der Waals surface area contributed by atoms with Gasteiger partial charge in [0.2, 0.25) is 0 Å². The lowest BCUT2D eigenvalue weighted by Crippen LogP contribution is -3.04. The standard InChI is InChI=1S/C16H19NOS/c1-17(2)12-13-7-9-15(10-8-13)19-16-6-4-5-14(11-16)18-3/h4-11H,12H2,1-3H3/p+1. The summed E-state index contributed by atoms with van der Waals surface area (Å²) < 4.78 is 5.24. The third kappa shape index (κ3) is 4.30. The van der Waals surface area contributed by atoms with Crippen molar-refractivity contribution in [1.29, 1.82) is 0 Å². The van der Waals surface area contributed by atoms with Crippen LogP contribution in [0.4, 0.5) is 0 Å². The Hall–Kier alpha value is -1.45. The van der Waals surface area contributed by atoms with Gasteiger partial charge >= 0.3 is 0 Å². The van der Waals surface area contributed by atoms with Gasteiger partial charge in [-0.15, -0.1) is 0 Å². The summed E-state index contributed by atoms with van der Waals surface area (Å²) in [6.45, 7) is 1.06. The molecule has 1 N–H and O–H groups in total. The Bertz CT molecular complexity index is 523. The number of nitrogens with one attached hydrogen (secondary N) is 1. The predicted octanol–water partition coefficient (Wildman–Crippen LogP) is 2.49. The molecule has 3 heteroatoms. The summed E-state index contributed by atoms with van der Waals surface area (Å²) in [5, 5.41) is 0. The average molecular weight is 274 g/mol. The van der Waals surface area contributed by atoms with Crippen molar-refractivity contribution >= 4 is 11.8 Å². The summed E-state index contributed by atoms with van der Waals surface area (Å²) in [6, 6.07) is 16.9. The normalized spacial score (nSPS) is 10.7. The van der Waals surface area contributed by atoms with Gasteiger partial charge in [0, 0.05) is 15.4 Å². The molecule has 0 saturated carbocycles. The molecule has 0 amide bonds. The quantitative estimate of drug-likeness (QED) is 0.900. The molecule has 0 aliphatic carbocycles. The maximum atomic E-state index is 5.24. The molecule has 2 nitrogen and oxygen atoms in total. The van der Waals surface area contributed by atoms with Crippen molar-refractivity contribution in [2.24, 2.45) is 0 Å². The monoisotopic (exact) mass is 274 g/mol. The van der Waals surface area contributed by atoms with E-state index in [-0.39, 0.29) is 0 Å². The summed E-state index contributed by atoms with van der Waals surface area (Å²) >= 11 is 1.76. The summed E-state index contributed by atoms with van der Waals surface area (Å²) in [7, 11) is 6.03. The summed E-state index contributed by atoms with van der Waals surface area (Å²) in [6.07, 6.45) is 0. The second-order valence-corrected chi connectivity index (χ2v) is 5.96. The zero-order valence-corrected chi connectivity index (χ0v) is 12.5. The van der Waals surface area contributed by atoms with E-state index < -0.39 is 0 Å². The minimum Gasteiger partial charge on any atom is -0.497 e. The van der Waals surface area contributed by atoms with Crippen LogP contribution in [0.3, 0.4) is 0 Å². The lowest BCUT2D eigenvalue weighted by Gasteiger charge is -2.08. The molecule has 0 aliphatic heterocycles. The second-order valence-electron chi connectivity index (χ2n) is 4.81. The fourth-order valence-electron chi connectivity index (χ4n) is 1.88. The van der Waals surface area contributed by atoms with E-state index in [9.17, 15) is 0 Å². The molecule has 19 heavy (non-hydrogen) atoms. The van der Waals surface area contributed by atoms with Crippen molar-refractivity contribution in [3.05, 3.63) is 54.1 Å². The maximum Gasteiger partial charge on any atom is 0.119 e. The molecule has 2 aromatic rings. The Labute approximate surface area is 119 Å². The number of quaternary nitrogens is 1. The molecule has 0 saturated heterocycles. The van der Waals surface area contributed by atoms with Gasteiger partial charge in [-0.3, -0.25) is 0 Å². The topological polar surface area (TPSA) is 13.7 Å². The van der Waals surface area contributed by atoms with Crippen molar-refractivity contribution in [2.75, 3.05) is 21.2 Å². The zero-order valence-electron chi connectivity index (χ0n) is 11.6. The first-order valence-electron chi connectivity index (χ1n) is 6.37. The molecule has 2 rings (SSSR count). The van der Waals surface area contributed by atoms with Crippen LogP contribution >= 0.6 is 11.8 Å². The average Bonchev–Trinajstić information content (AvgIpc) is 2.41. The second kappa shape index (κ2) is 6.64. The van der Waals surface area contributed by atoms with Crippen LogP contribution in [0.1, 0.15) is 5.56 Å². The minimum atomic E-state index is 0.901. The van der Waals surface area contributed by atoms with Crippen LogP contribution in [0, 0.1) is 0 Å². The van der Waals surface area contributed by atoms with E-state index in [0.717, 1.165) is 12.3 Å². The van der Waals surface area contributed by atoms with Crippen LogP contribution in [0.2, 0.25) is 0 Å². The first-order chi connectivity index (χ1) is 9.17. The van der Waals surface area contributed by atoms with E-state index in [1.165, 1.54) is 20.3 Å². The SMILES string of the molecule is COc1cccc(Sc2ccc(C[NH+](C)C)cc2)c1. The van der Waals surface area contributed by atoms with E-state index in [0.29, 0.717) is 0 Å². The van der Waals surface area contributed by atoms with E-state index >= 15 is 0 Å². The zero-order chi connectivity index (χ0) is 13.7. The van der Waals surface area contributed by atoms with Crippen LogP contribution in [0.5, 0.6) is 5.75 Å². The van der Waals surface area contributed by atoms with Gasteiger partial charge in [0.15, 0.2) is 0 Å². The lowest BCUT2D eigenvalue weighted by atomic mass is 10.2. The Morgan fingerprint density at radius 2 is 1.74 bits per heavy atom. The number of methoxy groups -OCH3 is 1. The van der Waals surface area contributed by atoms with Gasteiger partial charge in [0.05, 0.1) is 21.2 Å². The summed E-state index contributed by atoms with van der Waals surface area (Å²) in [4.78, 5) is 3.89. The minimum absolute atomic E-state index is 0.901. The molecule has 0 fully saturated rings. The number of hydrogen-bond acceptors (Lipinski definition) is 2. The van der Waals surface area contributed by atoms with Crippen LogP contribution in [-0.4, -0.2) is 21.2 Å². The van der Waals surface area contributed by atoms with E-state index in [1.54, 1.807) is 18.9 Å². The van der Waals surface area contributed by atoms with E-state index in [1.807, 2.05) is 12.1 Å². The largest absolute Gasteiger partial charge is 0.497 e. The van der Waals surface area contributed by atoms with E-state index in [2.05, 4.69) is 50.5 Å². The van der Waals surface area contributed by atoms with Gasteiger partial charge in [-0.1, -0.05) is 30.0 Å². The van der Waals surface area contributed by atoms with Gasteiger partial charge < -0.3 is 9.64 Å². The smallest absolute Gasteiger partial charge is 0.119 e. The Kier molecular flexibility index (Phi) is 4.88. The molecule has 0 unspecified atom stereocenters. The molecule has 100 valence electrons. The third-order valence-corrected chi connectivity index (χ3v) is 3.76. The Morgan fingerprint density at radius 3 is 2.37 bits per heavy atom. The molecule has 2 aromatic carbocycles. The van der Waals surface area contributed by atoms with Gasteiger partial charge in [-0.05, 0) is 30.3 Å². The first-order valence-corrected chi connectivity index (χ1v) is 7.19. The van der Waals surface area contributed by atoms with Crippen LogP contribution < -0.4 is 9.64 Å². The molecule has 0 aliphatic rings. The lowest BCUT2D eigenvalue weighted by molar-refractivity contribution is -0.872. The van der Waals surface area contributed by atoms with Crippen molar-refractivity contribution in [2.45, 2.75) is 16.3 Å². The fourth-order valence-corrected chi connectivity index (χ4v) is 2.75. The first kappa shape index (κ1) is 14.0. The van der Waals surface area contributed by atoms with Crippen molar-refractivity contribution in [3.63, 3.8) is 0 Å².